The van der Waals surface area contributed by atoms with Gasteiger partial charge in [-0.25, -0.2) is 4.98 Å². The van der Waals surface area contributed by atoms with E-state index in [9.17, 15) is 0 Å². The molecule has 0 bridgehead atoms. The summed E-state index contributed by atoms with van der Waals surface area (Å²) in [5.74, 6) is 0.659. The van der Waals surface area contributed by atoms with Crippen molar-refractivity contribution >= 4 is 27.0 Å². The van der Waals surface area contributed by atoms with E-state index in [-0.39, 0.29) is 0 Å². The molecule has 3 heteroatoms. The SMILES string of the molecule is Cc1cc(Br)c2nc(-c3ccccc3)oc2c1. The Kier molecular flexibility index (Phi) is 2.48. The van der Waals surface area contributed by atoms with E-state index in [1.807, 2.05) is 49.4 Å². The average Bonchev–Trinajstić information content (AvgIpc) is 2.74. The summed E-state index contributed by atoms with van der Waals surface area (Å²) in [6.07, 6.45) is 0. The zero-order valence-corrected chi connectivity index (χ0v) is 10.9. The van der Waals surface area contributed by atoms with Crippen LogP contribution in [0, 0.1) is 6.92 Å². The van der Waals surface area contributed by atoms with E-state index >= 15 is 0 Å². The summed E-state index contributed by atoms with van der Waals surface area (Å²) in [5.41, 5.74) is 3.83. The molecule has 0 fully saturated rings. The van der Waals surface area contributed by atoms with Crippen molar-refractivity contribution in [3.8, 4) is 11.5 Å². The van der Waals surface area contributed by atoms with Gasteiger partial charge in [-0.15, -0.1) is 0 Å². The molecule has 17 heavy (non-hydrogen) atoms. The van der Waals surface area contributed by atoms with Crippen molar-refractivity contribution in [3.63, 3.8) is 0 Å². The molecule has 84 valence electrons. The van der Waals surface area contributed by atoms with E-state index in [1.54, 1.807) is 0 Å². The molecule has 1 aromatic heterocycles. The van der Waals surface area contributed by atoms with Crippen LogP contribution in [0.25, 0.3) is 22.6 Å². The fourth-order valence-corrected chi connectivity index (χ4v) is 2.47. The monoisotopic (exact) mass is 287 g/mol. The van der Waals surface area contributed by atoms with Gasteiger partial charge in [0.25, 0.3) is 0 Å². The quantitative estimate of drug-likeness (QED) is 0.655. The van der Waals surface area contributed by atoms with E-state index < -0.39 is 0 Å². The summed E-state index contributed by atoms with van der Waals surface area (Å²) in [7, 11) is 0. The Bertz CT molecular complexity index is 673. The summed E-state index contributed by atoms with van der Waals surface area (Å²) in [4.78, 5) is 4.51. The third kappa shape index (κ3) is 1.87. The first-order valence-electron chi connectivity index (χ1n) is 5.36. The van der Waals surface area contributed by atoms with Crippen LogP contribution in [0.15, 0.2) is 51.4 Å². The maximum atomic E-state index is 5.77. The van der Waals surface area contributed by atoms with E-state index in [2.05, 4.69) is 20.9 Å². The van der Waals surface area contributed by atoms with Crippen molar-refractivity contribution < 1.29 is 4.42 Å². The van der Waals surface area contributed by atoms with E-state index in [0.717, 1.165) is 26.7 Å². The lowest BCUT2D eigenvalue weighted by Gasteiger charge is -1.93. The largest absolute Gasteiger partial charge is 0.436 e. The first-order chi connectivity index (χ1) is 8.24. The maximum Gasteiger partial charge on any atom is 0.227 e. The van der Waals surface area contributed by atoms with Gasteiger partial charge in [-0.1, -0.05) is 18.2 Å². The second-order valence-electron chi connectivity index (χ2n) is 3.98. The summed E-state index contributed by atoms with van der Waals surface area (Å²) in [5, 5.41) is 0. The summed E-state index contributed by atoms with van der Waals surface area (Å²) in [6.45, 7) is 2.04. The molecule has 3 aromatic rings. The highest BCUT2D eigenvalue weighted by Gasteiger charge is 2.10. The van der Waals surface area contributed by atoms with Gasteiger partial charge in [0.1, 0.15) is 5.52 Å². The molecule has 3 rings (SSSR count). The second-order valence-corrected chi connectivity index (χ2v) is 4.83. The first kappa shape index (κ1) is 10.5. The molecular weight excluding hydrogens is 278 g/mol. The lowest BCUT2D eigenvalue weighted by atomic mass is 10.2. The number of hydrogen-bond donors (Lipinski definition) is 0. The minimum Gasteiger partial charge on any atom is -0.436 e. The molecule has 0 N–H and O–H groups in total. The number of aryl methyl sites for hydroxylation is 1. The Morgan fingerprint density at radius 3 is 2.65 bits per heavy atom. The highest BCUT2D eigenvalue weighted by molar-refractivity contribution is 9.10. The fourth-order valence-electron chi connectivity index (χ4n) is 1.82. The number of fused-ring (bicyclic) bond motifs is 1. The predicted molar refractivity (Wildman–Crippen MR) is 71.9 cm³/mol. The Labute approximate surface area is 107 Å². The highest BCUT2D eigenvalue weighted by atomic mass is 79.9. The van der Waals surface area contributed by atoms with Gasteiger partial charge in [0.15, 0.2) is 5.58 Å². The van der Waals surface area contributed by atoms with Gasteiger partial charge in [-0.05, 0) is 52.7 Å². The van der Waals surface area contributed by atoms with Crippen LogP contribution >= 0.6 is 15.9 Å². The van der Waals surface area contributed by atoms with Crippen molar-refractivity contribution in [2.75, 3.05) is 0 Å². The number of aromatic nitrogens is 1. The van der Waals surface area contributed by atoms with E-state index in [4.69, 9.17) is 4.42 Å². The lowest BCUT2D eigenvalue weighted by Crippen LogP contribution is -1.76. The topological polar surface area (TPSA) is 26.0 Å². The van der Waals surface area contributed by atoms with Crippen LogP contribution in [-0.4, -0.2) is 4.98 Å². The van der Waals surface area contributed by atoms with Gasteiger partial charge < -0.3 is 4.42 Å². The Balaban J connectivity index is 2.24. The lowest BCUT2D eigenvalue weighted by molar-refractivity contribution is 0.619. The minimum atomic E-state index is 0.659. The van der Waals surface area contributed by atoms with Crippen molar-refractivity contribution in [2.45, 2.75) is 6.92 Å². The number of oxazole rings is 1. The maximum absolute atomic E-state index is 5.77. The molecule has 0 aliphatic heterocycles. The van der Waals surface area contributed by atoms with Crippen LogP contribution in [0.5, 0.6) is 0 Å². The third-order valence-corrected chi connectivity index (χ3v) is 3.22. The molecule has 1 heterocycles. The van der Waals surface area contributed by atoms with Crippen LogP contribution in [0.1, 0.15) is 5.56 Å². The Morgan fingerprint density at radius 2 is 1.88 bits per heavy atom. The highest BCUT2D eigenvalue weighted by Crippen LogP contribution is 2.29. The predicted octanol–water partition coefficient (Wildman–Crippen LogP) is 4.57. The smallest absolute Gasteiger partial charge is 0.227 e. The van der Waals surface area contributed by atoms with Gasteiger partial charge in [-0.2, -0.15) is 0 Å². The van der Waals surface area contributed by atoms with Gasteiger partial charge in [0.05, 0.1) is 0 Å². The average molecular weight is 288 g/mol. The third-order valence-electron chi connectivity index (χ3n) is 2.61. The molecule has 0 amide bonds. The van der Waals surface area contributed by atoms with Gasteiger partial charge in [0.2, 0.25) is 5.89 Å². The number of benzene rings is 2. The molecule has 2 aromatic carbocycles. The molecule has 0 spiro atoms. The standard InChI is InChI=1S/C14H10BrNO/c1-9-7-11(15)13-12(8-9)17-14(16-13)10-5-3-2-4-6-10/h2-8H,1H3. The Morgan fingerprint density at radius 1 is 1.12 bits per heavy atom. The molecule has 2 nitrogen and oxygen atoms in total. The molecule has 0 aliphatic carbocycles. The van der Waals surface area contributed by atoms with Crippen molar-refractivity contribution in [2.24, 2.45) is 0 Å². The summed E-state index contributed by atoms with van der Waals surface area (Å²) in [6, 6.07) is 14.0. The van der Waals surface area contributed by atoms with Crippen LogP contribution in [0.3, 0.4) is 0 Å². The van der Waals surface area contributed by atoms with Crippen molar-refractivity contribution in [1.82, 2.24) is 4.98 Å². The van der Waals surface area contributed by atoms with Crippen LogP contribution in [0.4, 0.5) is 0 Å². The van der Waals surface area contributed by atoms with E-state index in [0.29, 0.717) is 5.89 Å². The molecular formula is C14H10BrNO. The van der Waals surface area contributed by atoms with Gasteiger partial charge in [0, 0.05) is 10.0 Å². The van der Waals surface area contributed by atoms with Crippen molar-refractivity contribution in [1.29, 1.82) is 0 Å². The number of nitrogens with zero attached hydrogens (tertiary/aromatic N) is 1. The molecule has 0 atom stereocenters. The summed E-state index contributed by atoms with van der Waals surface area (Å²) >= 11 is 3.51. The number of halogens is 1. The second kappa shape index (κ2) is 4.00. The van der Waals surface area contributed by atoms with Crippen molar-refractivity contribution in [3.05, 3.63) is 52.5 Å². The normalized spacial score (nSPS) is 10.9. The number of rotatable bonds is 1. The molecule has 0 saturated carbocycles. The first-order valence-corrected chi connectivity index (χ1v) is 6.15. The van der Waals surface area contributed by atoms with Crippen LogP contribution < -0.4 is 0 Å². The van der Waals surface area contributed by atoms with Crippen LogP contribution in [0.2, 0.25) is 0 Å². The Hall–Kier alpha value is -1.61. The molecule has 0 radical (unpaired) electrons. The fraction of sp³-hybridized carbons (Fsp3) is 0.0714. The zero-order chi connectivity index (χ0) is 11.8. The van der Waals surface area contributed by atoms with E-state index in [1.165, 1.54) is 0 Å². The van der Waals surface area contributed by atoms with Crippen LogP contribution in [-0.2, 0) is 0 Å². The van der Waals surface area contributed by atoms with Gasteiger partial charge >= 0.3 is 0 Å². The van der Waals surface area contributed by atoms with Gasteiger partial charge in [-0.3, -0.25) is 0 Å². The number of hydrogen-bond acceptors (Lipinski definition) is 2. The summed E-state index contributed by atoms with van der Waals surface area (Å²) < 4.78 is 6.75. The minimum absolute atomic E-state index is 0.659. The molecule has 0 aliphatic rings. The zero-order valence-electron chi connectivity index (χ0n) is 9.27. The molecule has 0 unspecified atom stereocenters. The molecule has 0 saturated heterocycles.